The van der Waals surface area contributed by atoms with Gasteiger partial charge in [0.25, 0.3) is 0 Å². The van der Waals surface area contributed by atoms with Crippen molar-refractivity contribution in [2.75, 3.05) is 36.1 Å². The number of hydrogen-bond acceptors (Lipinski definition) is 5. The first-order chi connectivity index (χ1) is 26.1. The molecule has 2 rings (SSSR count). The van der Waals surface area contributed by atoms with Gasteiger partial charge in [0, 0.05) is 36.0 Å². The highest BCUT2D eigenvalue weighted by Crippen LogP contribution is 2.21. The molecule has 0 unspecified atom stereocenters. The molecule has 5 nitrogen and oxygen atoms in total. The lowest BCUT2D eigenvalue weighted by Crippen LogP contribution is -1.97. The van der Waals surface area contributed by atoms with Crippen molar-refractivity contribution in [2.45, 2.75) is 218 Å². The van der Waals surface area contributed by atoms with Crippen molar-refractivity contribution in [1.82, 2.24) is 0 Å². The van der Waals surface area contributed by atoms with E-state index in [2.05, 4.69) is 12.1 Å². The summed E-state index contributed by atoms with van der Waals surface area (Å²) in [6.45, 7) is 1.94. The minimum Gasteiger partial charge on any atom is -0.399 e. The summed E-state index contributed by atoms with van der Waals surface area (Å²) in [7, 11) is 0. The van der Waals surface area contributed by atoms with E-state index >= 15 is 0 Å². The van der Waals surface area contributed by atoms with Crippen LogP contribution in [0.5, 0.6) is 0 Å². The van der Waals surface area contributed by atoms with Crippen molar-refractivity contribution < 1.29 is 4.74 Å². The maximum atomic E-state index is 6.07. The third-order valence-corrected chi connectivity index (χ3v) is 11.3. The van der Waals surface area contributed by atoms with Gasteiger partial charge in [-0.3, -0.25) is 0 Å². The Balaban J connectivity index is 1.15. The molecule has 2 aromatic carbocycles. The smallest absolute Gasteiger partial charge is 0.0466 e. The van der Waals surface area contributed by atoms with Gasteiger partial charge >= 0.3 is 0 Å². The average Bonchev–Trinajstić information content (AvgIpc) is 3.14. The molecule has 0 radical (unpaired) electrons. The molecule has 0 atom stereocenters. The summed E-state index contributed by atoms with van der Waals surface area (Å²) in [5.74, 6) is 0. The van der Waals surface area contributed by atoms with Crippen molar-refractivity contribution >= 4 is 22.7 Å². The van der Waals surface area contributed by atoms with Gasteiger partial charge in [0.15, 0.2) is 0 Å². The molecule has 0 saturated carbocycles. The second-order valence-corrected chi connectivity index (χ2v) is 16.3. The number of unbranched alkanes of at least 4 members (excludes halogenated alkanes) is 30. The molecule has 8 N–H and O–H groups in total. The Hall–Kier alpha value is -2.40. The lowest BCUT2D eigenvalue weighted by Gasteiger charge is -2.07. The molecule has 2 aromatic rings. The van der Waals surface area contributed by atoms with Crippen molar-refractivity contribution in [3.05, 3.63) is 47.5 Å². The Morgan fingerprint density at radius 1 is 0.283 bits per heavy atom. The van der Waals surface area contributed by atoms with Gasteiger partial charge < -0.3 is 27.7 Å². The highest BCUT2D eigenvalue weighted by molar-refractivity contribution is 5.57. The number of nitrogens with two attached hydrogens (primary N) is 4. The van der Waals surface area contributed by atoms with E-state index < -0.39 is 0 Å². The third kappa shape index (κ3) is 27.8. The van der Waals surface area contributed by atoms with Gasteiger partial charge in [-0.25, -0.2) is 0 Å². The Bertz CT molecular complexity index is 1020. The number of aryl methyl sites for hydroxylation is 2. The highest BCUT2D eigenvalue weighted by Gasteiger charge is 2.02. The largest absolute Gasteiger partial charge is 0.399 e. The molecule has 5 heteroatoms. The topological polar surface area (TPSA) is 113 Å². The van der Waals surface area contributed by atoms with Crippen molar-refractivity contribution in [3.8, 4) is 0 Å². The lowest BCUT2D eigenvalue weighted by molar-refractivity contribution is 0.125. The maximum absolute atomic E-state index is 6.07. The SMILES string of the molecule is Nc1ccc(CCCCCCCCCCCCCCCCCCOCCCCCCCCCCCCCCCCCCc2ccc(N)cc2N)c(N)c1. The number of ether oxygens (including phenoxy) is 1. The molecule has 0 saturated heterocycles. The molecule has 0 heterocycles. The van der Waals surface area contributed by atoms with Crippen LogP contribution in [0.25, 0.3) is 0 Å². The van der Waals surface area contributed by atoms with Crippen LogP contribution in [0.1, 0.15) is 217 Å². The molecule has 304 valence electrons. The summed E-state index contributed by atoms with van der Waals surface area (Å²) < 4.78 is 5.91. The second kappa shape index (κ2) is 34.1. The summed E-state index contributed by atoms with van der Waals surface area (Å²) in [4.78, 5) is 0. The van der Waals surface area contributed by atoms with E-state index in [1.54, 1.807) is 0 Å². The van der Waals surface area contributed by atoms with Crippen LogP contribution in [0.15, 0.2) is 36.4 Å². The average molecular weight is 735 g/mol. The first kappa shape index (κ1) is 46.8. The van der Waals surface area contributed by atoms with E-state index in [0.717, 1.165) is 48.8 Å². The van der Waals surface area contributed by atoms with Crippen LogP contribution in [0.4, 0.5) is 22.7 Å². The van der Waals surface area contributed by atoms with Gasteiger partial charge in [0.05, 0.1) is 0 Å². The molecule has 0 spiro atoms. The zero-order chi connectivity index (χ0) is 37.9. The summed E-state index contributed by atoms with van der Waals surface area (Å²) in [5.41, 5.74) is 29.4. The van der Waals surface area contributed by atoms with Gasteiger partial charge in [-0.05, 0) is 73.9 Å². The van der Waals surface area contributed by atoms with E-state index in [1.807, 2.05) is 24.3 Å². The van der Waals surface area contributed by atoms with Crippen LogP contribution in [0, 0.1) is 0 Å². The van der Waals surface area contributed by atoms with Crippen LogP contribution >= 0.6 is 0 Å². The van der Waals surface area contributed by atoms with Crippen molar-refractivity contribution in [1.29, 1.82) is 0 Å². The molecule has 0 aromatic heterocycles. The first-order valence-electron chi connectivity index (χ1n) is 22.9. The quantitative estimate of drug-likeness (QED) is 0.0405. The summed E-state index contributed by atoms with van der Waals surface area (Å²) >= 11 is 0. The van der Waals surface area contributed by atoms with Gasteiger partial charge in [0.2, 0.25) is 0 Å². The van der Waals surface area contributed by atoms with E-state index in [9.17, 15) is 0 Å². The van der Waals surface area contributed by atoms with E-state index in [1.165, 1.54) is 217 Å². The predicted molar refractivity (Wildman–Crippen MR) is 237 cm³/mol. The van der Waals surface area contributed by atoms with E-state index in [4.69, 9.17) is 27.7 Å². The van der Waals surface area contributed by atoms with Crippen molar-refractivity contribution in [2.24, 2.45) is 0 Å². The van der Waals surface area contributed by atoms with Gasteiger partial charge in [-0.15, -0.1) is 0 Å². The van der Waals surface area contributed by atoms with E-state index in [-0.39, 0.29) is 0 Å². The van der Waals surface area contributed by atoms with Crippen LogP contribution in [0.2, 0.25) is 0 Å². The maximum Gasteiger partial charge on any atom is 0.0466 e. The Labute approximate surface area is 328 Å². The van der Waals surface area contributed by atoms with Gasteiger partial charge in [-0.1, -0.05) is 192 Å². The molecule has 0 aliphatic heterocycles. The van der Waals surface area contributed by atoms with Crippen molar-refractivity contribution in [3.63, 3.8) is 0 Å². The molecule has 0 amide bonds. The number of benzene rings is 2. The Kier molecular flexibility index (Phi) is 30.1. The van der Waals surface area contributed by atoms with Crippen LogP contribution in [-0.2, 0) is 17.6 Å². The Morgan fingerprint density at radius 2 is 0.509 bits per heavy atom. The fourth-order valence-electron chi connectivity index (χ4n) is 7.77. The zero-order valence-electron chi connectivity index (χ0n) is 34.6. The lowest BCUT2D eigenvalue weighted by atomic mass is 10.0. The summed E-state index contributed by atoms with van der Waals surface area (Å²) in [6, 6.07) is 11.9. The van der Waals surface area contributed by atoms with Crippen LogP contribution in [-0.4, -0.2) is 13.2 Å². The minimum absolute atomic E-state index is 0.760. The van der Waals surface area contributed by atoms with Gasteiger partial charge in [0.1, 0.15) is 0 Å². The molecule has 0 aliphatic carbocycles. The predicted octanol–water partition coefficient (Wildman–Crippen LogP) is 14.3. The number of hydrogen-bond donors (Lipinski definition) is 4. The molecular formula is C48H86N4O. The van der Waals surface area contributed by atoms with Crippen LogP contribution < -0.4 is 22.9 Å². The fourth-order valence-corrected chi connectivity index (χ4v) is 7.77. The standard InChI is InChI=1S/C48H86N4O/c49-45-37-35-43(47(51)41-45)33-29-25-21-17-13-9-5-1-3-7-11-15-19-23-27-31-39-53-40-32-28-24-20-16-12-8-4-2-6-10-14-18-22-26-30-34-44-36-38-46(50)42-48(44)52/h35-38,41-42H,1-34,39-40,49-52H2. The Morgan fingerprint density at radius 3 is 0.755 bits per heavy atom. The fraction of sp³-hybridized carbons (Fsp3) is 0.750. The van der Waals surface area contributed by atoms with Crippen LogP contribution in [0.3, 0.4) is 0 Å². The highest BCUT2D eigenvalue weighted by atomic mass is 16.5. The third-order valence-electron chi connectivity index (χ3n) is 11.3. The molecule has 0 bridgehead atoms. The normalized spacial score (nSPS) is 11.5. The summed E-state index contributed by atoms with van der Waals surface area (Å²) in [5, 5.41) is 0. The monoisotopic (exact) mass is 735 g/mol. The molecular weight excluding hydrogens is 649 g/mol. The minimum atomic E-state index is 0.760. The number of anilines is 4. The van der Waals surface area contributed by atoms with E-state index in [0.29, 0.717) is 0 Å². The molecule has 53 heavy (non-hydrogen) atoms. The van der Waals surface area contributed by atoms with Gasteiger partial charge in [-0.2, -0.15) is 0 Å². The zero-order valence-corrected chi connectivity index (χ0v) is 34.6. The summed E-state index contributed by atoms with van der Waals surface area (Å²) in [6.07, 6.45) is 46.3. The molecule has 0 fully saturated rings. The molecule has 0 aliphatic rings. The second-order valence-electron chi connectivity index (χ2n) is 16.3. The number of nitrogen functional groups attached to an aromatic ring is 4. The number of rotatable bonds is 38. The first-order valence-corrected chi connectivity index (χ1v) is 22.9.